The highest BCUT2D eigenvalue weighted by Gasteiger charge is 2.19. The van der Waals surface area contributed by atoms with Crippen LogP contribution < -0.4 is 0 Å². The van der Waals surface area contributed by atoms with Gasteiger partial charge in [0.15, 0.2) is 0 Å². The molecule has 2 rings (SSSR count). The molecule has 0 aliphatic rings. The number of halogens is 1. The number of benzene rings is 1. The Hall–Kier alpha value is -2.41. The molecule has 120 valence electrons. The molecule has 7 heteroatoms. The predicted molar refractivity (Wildman–Crippen MR) is 86.6 cm³/mol. The van der Waals surface area contributed by atoms with Crippen molar-refractivity contribution in [3.8, 4) is 0 Å². The molecule has 0 saturated carbocycles. The van der Waals surface area contributed by atoms with Crippen LogP contribution in [0.1, 0.15) is 11.3 Å². The zero-order valence-corrected chi connectivity index (χ0v) is 13.8. The van der Waals surface area contributed by atoms with E-state index in [-0.39, 0.29) is 13.2 Å². The average molecular weight is 379 g/mol. The number of nitrogens with zero attached hydrogens (tertiary/aromatic N) is 2. The van der Waals surface area contributed by atoms with E-state index >= 15 is 0 Å². The lowest BCUT2D eigenvalue weighted by molar-refractivity contribution is -0.138. The van der Waals surface area contributed by atoms with Gasteiger partial charge in [-0.2, -0.15) is 0 Å². The molecule has 0 atom stereocenters. The zero-order chi connectivity index (χ0) is 16.7. The molecule has 0 aliphatic carbocycles. The molecule has 1 amide bonds. The highest BCUT2D eigenvalue weighted by molar-refractivity contribution is 9.10. The van der Waals surface area contributed by atoms with Crippen LogP contribution >= 0.6 is 15.9 Å². The van der Waals surface area contributed by atoms with Crippen LogP contribution in [0.15, 0.2) is 53.1 Å². The van der Waals surface area contributed by atoms with Crippen LogP contribution in [-0.2, 0) is 22.7 Å². The Bertz CT molecular complexity index is 679. The molecule has 0 fully saturated rings. The molecule has 0 unspecified atom stereocenters. The molecule has 2 aromatic rings. The molecule has 1 N–H and O–H groups in total. The Labute approximate surface area is 141 Å². The molecule has 1 aromatic carbocycles. The number of rotatable bonds is 6. The van der Waals surface area contributed by atoms with Gasteiger partial charge in [-0.15, -0.1) is 0 Å². The SMILES string of the molecule is O=C(O)CN(Cc1cccc(Br)n1)C(=O)OCc1ccccc1. The minimum Gasteiger partial charge on any atom is -0.480 e. The largest absolute Gasteiger partial charge is 0.480 e. The molecule has 1 heterocycles. The Morgan fingerprint density at radius 2 is 1.87 bits per heavy atom. The van der Waals surface area contributed by atoms with Gasteiger partial charge in [0.25, 0.3) is 0 Å². The van der Waals surface area contributed by atoms with Gasteiger partial charge in [-0.1, -0.05) is 36.4 Å². The van der Waals surface area contributed by atoms with E-state index in [1.54, 1.807) is 18.2 Å². The van der Waals surface area contributed by atoms with E-state index in [0.29, 0.717) is 10.3 Å². The van der Waals surface area contributed by atoms with Crippen LogP contribution in [0.5, 0.6) is 0 Å². The maximum Gasteiger partial charge on any atom is 0.410 e. The Kier molecular flexibility index (Phi) is 6.10. The van der Waals surface area contributed by atoms with Gasteiger partial charge in [0.05, 0.1) is 12.2 Å². The smallest absolute Gasteiger partial charge is 0.410 e. The number of amides is 1. The molecule has 0 saturated heterocycles. The summed E-state index contributed by atoms with van der Waals surface area (Å²) in [7, 11) is 0. The highest BCUT2D eigenvalue weighted by atomic mass is 79.9. The summed E-state index contributed by atoms with van der Waals surface area (Å²) in [4.78, 5) is 28.4. The summed E-state index contributed by atoms with van der Waals surface area (Å²) < 4.78 is 5.79. The number of carboxylic acid groups (broad SMARTS) is 1. The summed E-state index contributed by atoms with van der Waals surface area (Å²) in [5, 5.41) is 8.97. The monoisotopic (exact) mass is 378 g/mol. The van der Waals surface area contributed by atoms with Crippen LogP contribution in [0.3, 0.4) is 0 Å². The molecule has 6 nitrogen and oxygen atoms in total. The number of aliphatic carboxylic acids is 1. The van der Waals surface area contributed by atoms with Gasteiger partial charge in [-0.05, 0) is 33.6 Å². The lowest BCUT2D eigenvalue weighted by Gasteiger charge is -2.20. The molecule has 0 radical (unpaired) electrons. The van der Waals surface area contributed by atoms with E-state index in [4.69, 9.17) is 9.84 Å². The van der Waals surface area contributed by atoms with Crippen molar-refractivity contribution >= 4 is 28.0 Å². The molecule has 1 aromatic heterocycles. The number of aromatic nitrogens is 1. The number of carboxylic acids is 1. The van der Waals surface area contributed by atoms with Crippen LogP contribution in [-0.4, -0.2) is 33.6 Å². The fourth-order valence-electron chi connectivity index (χ4n) is 1.89. The van der Waals surface area contributed by atoms with Gasteiger partial charge in [-0.25, -0.2) is 9.78 Å². The van der Waals surface area contributed by atoms with E-state index < -0.39 is 18.6 Å². The van der Waals surface area contributed by atoms with Crippen molar-refractivity contribution in [2.24, 2.45) is 0 Å². The molecule has 0 aliphatic heterocycles. The molecule has 23 heavy (non-hydrogen) atoms. The van der Waals surface area contributed by atoms with Gasteiger partial charge in [0.1, 0.15) is 17.8 Å². The second-order valence-corrected chi connectivity index (χ2v) is 5.55. The normalized spacial score (nSPS) is 10.1. The van der Waals surface area contributed by atoms with E-state index in [0.717, 1.165) is 10.5 Å². The van der Waals surface area contributed by atoms with Gasteiger partial charge < -0.3 is 9.84 Å². The van der Waals surface area contributed by atoms with Crippen molar-refractivity contribution in [3.63, 3.8) is 0 Å². The lowest BCUT2D eigenvalue weighted by atomic mass is 10.2. The third-order valence-electron chi connectivity index (χ3n) is 2.92. The average Bonchev–Trinajstić information content (AvgIpc) is 2.52. The van der Waals surface area contributed by atoms with Crippen molar-refractivity contribution in [2.75, 3.05) is 6.54 Å². The van der Waals surface area contributed by atoms with Gasteiger partial charge in [0, 0.05) is 0 Å². The van der Waals surface area contributed by atoms with Gasteiger partial charge >= 0.3 is 12.1 Å². The maximum absolute atomic E-state index is 12.1. The fraction of sp³-hybridized carbons (Fsp3) is 0.188. The number of carbonyl (C=O) groups excluding carboxylic acids is 1. The standard InChI is InChI=1S/C16H15BrN2O4/c17-14-8-4-7-13(18-14)9-19(10-15(20)21)16(22)23-11-12-5-2-1-3-6-12/h1-8H,9-11H2,(H,20,21). The Balaban J connectivity index is 2.01. The number of hydrogen-bond donors (Lipinski definition) is 1. The first-order valence-corrected chi connectivity index (χ1v) is 7.63. The third-order valence-corrected chi connectivity index (χ3v) is 3.36. The third kappa shape index (κ3) is 5.71. The summed E-state index contributed by atoms with van der Waals surface area (Å²) in [5.41, 5.74) is 1.40. The van der Waals surface area contributed by atoms with E-state index in [2.05, 4.69) is 20.9 Å². The van der Waals surface area contributed by atoms with E-state index in [1.165, 1.54) is 0 Å². The van der Waals surface area contributed by atoms with Crippen molar-refractivity contribution in [2.45, 2.75) is 13.2 Å². The number of pyridine rings is 1. The second kappa shape index (κ2) is 8.28. The number of ether oxygens (including phenoxy) is 1. The Morgan fingerprint density at radius 1 is 1.13 bits per heavy atom. The zero-order valence-electron chi connectivity index (χ0n) is 12.2. The van der Waals surface area contributed by atoms with Crippen molar-refractivity contribution in [1.29, 1.82) is 0 Å². The summed E-state index contributed by atoms with van der Waals surface area (Å²) in [6.07, 6.45) is -0.696. The fourth-order valence-corrected chi connectivity index (χ4v) is 2.27. The molecular weight excluding hydrogens is 364 g/mol. The minimum absolute atomic E-state index is 0.0549. The molecule has 0 spiro atoms. The molecule has 0 bridgehead atoms. The first-order chi connectivity index (χ1) is 11.0. The topological polar surface area (TPSA) is 79.7 Å². The van der Waals surface area contributed by atoms with Crippen molar-refractivity contribution in [1.82, 2.24) is 9.88 Å². The van der Waals surface area contributed by atoms with Crippen LogP contribution in [0.4, 0.5) is 4.79 Å². The Morgan fingerprint density at radius 3 is 2.52 bits per heavy atom. The highest BCUT2D eigenvalue weighted by Crippen LogP contribution is 2.10. The molecular formula is C16H15BrN2O4. The lowest BCUT2D eigenvalue weighted by Crippen LogP contribution is -2.35. The van der Waals surface area contributed by atoms with Gasteiger partial charge in [0.2, 0.25) is 0 Å². The summed E-state index contributed by atoms with van der Waals surface area (Å²) in [6, 6.07) is 14.4. The summed E-state index contributed by atoms with van der Waals surface area (Å²) >= 11 is 3.24. The first-order valence-electron chi connectivity index (χ1n) is 6.83. The quantitative estimate of drug-likeness (QED) is 0.781. The van der Waals surface area contributed by atoms with Crippen LogP contribution in [0.25, 0.3) is 0 Å². The van der Waals surface area contributed by atoms with E-state index in [9.17, 15) is 9.59 Å². The van der Waals surface area contributed by atoms with Crippen molar-refractivity contribution < 1.29 is 19.4 Å². The minimum atomic E-state index is -1.11. The van der Waals surface area contributed by atoms with E-state index in [1.807, 2.05) is 30.3 Å². The second-order valence-electron chi connectivity index (χ2n) is 4.74. The summed E-state index contributed by atoms with van der Waals surface area (Å²) in [5.74, 6) is -1.11. The summed E-state index contributed by atoms with van der Waals surface area (Å²) in [6.45, 7) is -0.317. The predicted octanol–water partition coefficient (Wildman–Crippen LogP) is 3.07. The first kappa shape index (κ1) is 17.0. The van der Waals surface area contributed by atoms with Crippen molar-refractivity contribution in [3.05, 3.63) is 64.4 Å². The van der Waals surface area contributed by atoms with Crippen LogP contribution in [0, 0.1) is 0 Å². The number of carbonyl (C=O) groups is 2. The number of hydrogen-bond acceptors (Lipinski definition) is 4. The van der Waals surface area contributed by atoms with Gasteiger partial charge in [-0.3, -0.25) is 9.69 Å². The maximum atomic E-state index is 12.1. The van der Waals surface area contributed by atoms with Crippen LogP contribution in [0.2, 0.25) is 0 Å².